The molecule has 0 radical (unpaired) electrons. The van der Waals surface area contributed by atoms with E-state index in [-0.39, 0.29) is 9.59 Å². The molecule has 3 heteroatoms. The Bertz CT molecular complexity index is 750. The van der Waals surface area contributed by atoms with Gasteiger partial charge in [0.15, 0.2) is 0 Å². The highest BCUT2D eigenvalue weighted by molar-refractivity contribution is 14.1. The molecule has 3 aromatic rings. The first-order chi connectivity index (χ1) is 12.3. The zero-order valence-corrected chi connectivity index (χ0v) is 16.0. The Hall–Kier alpha value is -2.14. The molecule has 124 valence electrons. The number of rotatable bonds is 4. The van der Waals surface area contributed by atoms with Gasteiger partial charge >= 0.3 is 0 Å². The van der Waals surface area contributed by atoms with Crippen LogP contribution in [0.1, 0.15) is 16.7 Å². The van der Waals surface area contributed by atoms with Crippen molar-refractivity contribution < 1.29 is 0 Å². The number of hydrogen-bond donors (Lipinski definition) is 0. The lowest BCUT2D eigenvalue weighted by atomic mass is 9.76. The lowest BCUT2D eigenvalue weighted by molar-refractivity contribution is 0.294. The van der Waals surface area contributed by atoms with Crippen molar-refractivity contribution in [3.63, 3.8) is 0 Å². The summed E-state index contributed by atoms with van der Waals surface area (Å²) in [5, 5.41) is 0. The molecule has 1 heterocycles. The molecule has 1 atom stereocenters. The van der Waals surface area contributed by atoms with Crippen molar-refractivity contribution in [2.75, 3.05) is 6.54 Å². The minimum Gasteiger partial charge on any atom is -0.342 e. The zero-order valence-electron chi connectivity index (χ0n) is 13.8. The molecule has 0 saturated carbocycles. The van der Waals surface area contributed by atoms with Crippen LogP contribution in [0.15, 0.2) is 96.0 Å². The van der Waals surface area contributed by atoms with Crippen molar-refractivity contribution in [2.24, 2.45) is 4.99 Å². The fourth-order valence-corrected chi connectivity index (χ4v) is 4.24. The van der Waals surface area contributed by atoms with E-state index >= 15 is 0 Å². The molecule has 2 nitrogen and oxygen atoms in total. The number of nitrogens with zero attached hydrogens (tertiary/aromatic N) is 2. The monoisotopic (exact) mass is 438 g/mol. The van der Waals surface area contributed by atoms with Gasteiger partial charge in [0.2, 0.25) is 0 Å². The van der Waals surface area contributed by atoms with Crippen LogP contribution in [0.25, 0.3) is 0 Å². The van der Waals surface area contributed by atoms with E-state index in [4.69, 9.17) is 0 Å². The minimum absolute atomic E-state index is 0.271. The van der Waals surface area contributed by atoms with E-state index in [1.54, 1.807) is 0 Å². The van der Waals surface area contributed by atoms with Crippen molar-refractivity contribution >= 4 is 28.9 Å². The van der Waals surface area contributed by atoms with Gasteiger partial charge in [0.25, 0.3) is 0 Å². The number of aliphatic imine (C=N–C) groups is 1. The number of alkyl halides is 1. The summed E-state index contributed by atoms with van der Waals surface area (Å²) >= 11 is 2.41. The maximum absolute atomic E-state index is 4.65. The summed E-state index contributed by atoms with van der Waals surface area (Å²) in [5.74, 6) is 0. The van der Waals surface area contributed by atoms with Crippen LogP contribution in [-0.4, -0.2) is 21.8 Å². The van der Waals surface area contributed by atoms with Crippen LogP contribution in [0.4, 0.5) is 0 Å². The van der Waals surface area contributed by atoms with Gasteiger partial charge in [0.05, 0.1) is 12.9 Å². The van der Waals surface area contributed by atoms with Gasteiger partial charge in [-0.2, -0.15) is 0 Å². The summed E-state index contributed by atoms with van der Waals surface area (Å²) in [6.45, 7) is 0.888. The van der Waals surface area contributed by atoms with Crippen LogP contribution in [0.3, 0.4) is 0 Å². The molecule has 1 aliphatic heterocycles. The van der Waals surface area contributed by atoms with Gasteiger partial charge in [0, 0.05) is 0 Å². The smallest absolute Gasteiger partial charge is 0.120 e. The second-order valence-electron chi connectivity index (χ2n) is 6.16. The molecule has 0 N–H and O–H groups in total. The molecule has 1 unspecified atom stereocenters. The van der Waals surface area contributed by atoms with Gasteiger partial charge in [-0.05, 0) is 16.7 Å². The molecule has 1 aliphatic rings. The van der Waals surface area contributed by atoms with E-state index < -0.39 is 0 Å². The fraction of sp³-hybridized carbons (Fsp3) is 0.136. The van der Waals surface area contributed by atoms with Crippen molar-refractivity contribution in [3.8, 4) is 0 Å². The number of hydrogen-bond acceptors (Lipinski definition) is 2. The Morgan fingerprint density at radius 1 is 0.720 bits per heavy atom. The first kappa shape index (κ1) is 16.3. The van der Waals surface area contributed by atoms with Crippen LogP contribution < -0.4 is 0 Å². The van der Waals surface area contributed by atoms with Gasteiger partial charge < -0.3 is 4.90 Å². The van der Waals surface area contributed by atoms with Gasteiger partial charge in [-0.25, -0.2) is 0 Å². The fourth-order valence-electron chi connectivity index (χ4n) is 3.67. The summed E-state index contributed by atoms with van der Waals surface area (Å²) in [6.07, 6.45) is 2.02. The lowest BCUT2D eigenvalue weighted by Crippen LogP contribution is -2.47. The second kappa shape index (κ2) is 7.00. The van der Waals surface area contributed by atoms with E-state index in [1.165, 1.54) is 16.7 Å². The number of halogens is 1. The molecule has 0 spiro atoms. The van der Waals surface area contributed by atoms with Crippen molar-refractivity contribution in [3.05, 3.63) is 108 Å². The highest BCUT2D eigenvalue weighted by atomic mass is 127. The highest BCUT2D eigenvalue weighted by Crippen LogP contribution is 2.43. The number of benzene rings is 3. The van der Waals surface area contributed by atoms with Gasteiger partial charge in [-0.3, -0.25) is 4.99 Å². The van der Waals surface area contributed by atoms with Gasteiger partial charge in [0.1, 0.15) is 9.59 Å². The summed E-state index contributed by atoms with van der Waals surface area (Å²) in [7, 11) is 0. The van der Waals surface area contributed by atoms with E-state index in [0.29, 0.717) is 0 Å². The summed E-state index contributed by atoms with van der Waals surface area (Å²) in [5.41, 5.74) is 3.38. The van der Waals surface area contributed by atoms with E-state index in [0.717, 1.165) is 6.54 Å². The Kier molecular flexibility index (Phi) is 4.57. The van der Waals surface area contributed by atoms with Crippen molar-refractivity contribution in [1.29, 1.82) is 0 Å². The molecule has 0 aromatic heterocycles. The van der Waals surface area contributed by atoms with Crippen LogP contribution in [-0.2, 0) is 5.54 Å². The van der Waals surface area contributed by atoms with Crippen LogP contribution in [0.5, 0.6) is 0 Å². The third kappa shape index (κ3) is 2.86. The van der Waals surface area contributed by atoms with Crippen molar-refractivity contribution in [1.82, 2.24) is 4.90 Å². The minimum atomic E-state index is -0.382. The average Bonchev–Trinajstić information content (AvgIpc) is 3.12. The average molecular weight is 438 g/mol. The predicted octanol–water partition coefficient (Wildman–Crippen LogP) is 5.08. The first-order valence-corrected chi connectivity index (χ1v) is 9.67. The third-order valence-corrected chi connectivity index (χ3v) is 5.44. The molecule has 0 fully saturated rings. The van der Waals surface area contributed by atoms with E-state index in [1.807, 2.05) is 6.34 Å². The van der Waals surface area contributed by atoms with Crippen LogP contribution in [0, 0.1) is 0 Å². The molecule has 0 amide bonds. The first-order valence-electron chi connectivity index (χ1n) is 8.42. The lowest BCUT2D eigenvalue weighted by Gasteiger charge is -2.43. The molecule has 0 aliphatic carbocycles. The van der Waals surface area contributed by atoms with E-state index in [9.17, 15) is 0 Å². The molecular formula is C22H19IN2. The Morgan fingerprint density at radius 3 is 1.44 bits per heavy atom. The summed E-state index contributed by atoms with van der Waals surface area (Å²) in [4.78, 5) is 7.03. The molecule has 0 saturated heterocycles. The topological polar surface area (TPSA) is 15.6 Å². The van der Waals surface area contributed by atoms with E-state index in [2.05, 4.69) is 123 Å². The SMILES string of the molecule is IC1CN(C(c2ccccc2)(c2ccccc2)c2ccccc2)C=N1. The standard InChI is InChI=1S/C22H19IN2/c23-21-16-25(17-24-21)22(18-10-4-1-5-11-18,19-12-6-2-7-13-19)20-14-8-3-9-15-20/h1-15,17,21H,16H2. The zero-order chi connectivity index (χ0) is 17.1. The molecule has 0 bridgehead atoms. The molecule has 3 aromatic carbocycles. The van der Waals surface area contributed by atoms with Crippen LogP contribution in [0.2, 0.25) is 0 Å². The third-order valence-electron chi connectivity index (χ3n) is 4.72. The largest absolute Gasteiger partial charge is 0.342 e. The Labute approximate surface area is 162 Å². The van der Waals surface area contributed by atoms with Crippen LogP contribution >= 0.6 is 22.6 Å². The quantitative estimate of drug-likeness (QED) is 0.240. The summed E-state index contributed by atoms with van der Waals surface area (Å²) in [6, 6.07) is 32.2. The predicted molar refractivity (Wildman–Crippen MR) is 112 cm³/mol. The van der Waals surface area contributed by atoms with Crippen molar-refractivity contribution in [2.45, 2.75) is 9.59 Å². The Morgan fingerprint density at radius 2 is 1.12 bits per heavy atom. The highest BCUT2D eigenvalue weighted by Gasteiger charge is 2.43. The van der Waals surface area contributed by atoms with Gasteiger partial charge in [-0.1, -0.05) is 114 Å². The maximum atomic E-state index is 4.65. The summed E-state index contributed by atoms with van der Waals surface area (Å²) < 4.78 is 0.271. The van der Waals surface area contributed by atoms with Gasteiger partial charge in [-0.15, -0.1) is 0 Å². The second-order valence-corrected chi connectivity index (χ2v) is 7.60. The molecule has 25 heavy (non-hydrogen) atoms. The maximum Gasteiger partial charge on any atom is 0.120 e. The molecular weight excluding hydrogens is 419 g/mol. The molecule has 4 rings (SSSR count). The normalized spacial score (nSPS) is 17.0. The Balaban J connectivity index is 2.03.